The Hall–Kier alpha value is -5.35. The Labute approximate surface area is 248 Å². The van der Waals surface area contributed by atoms with Crippen LogP contribution < -0.4 is 14.9 Å². The first-order chi connectivity index (χ1) is 20.8. The van der Waals surface area contributed by atoms with Crippen molar-refractivity contribution in [3.05, 3.63) is 145 Å². The fourth-order valence-electron chi connectivity index (χ4n) is 4.89. The number of halogens is 1. The molecule has 43 heavy (non-hydrogen) atoms. The lowest BCUT2D eigenvalue weighted by molar-refractivity contribution is -0.138. The van der Waals surface area contributed by atoms with E-state index in [1.165, 1.54) is 28.8 Å². The minimum absolute atomic E-state index is 0.116. The van der Waals surface area contributed by atoms with E-state index in [9.17, 15) is 18.8 Å². The number of furan rings is 1. The van der Waals surface area contributed by atoms with Crippen LogP contribution in [-0.4, -0.2) is 28.2 Å². The molecule has 1 aliphatic heterocycles. The van der Waals surface area contributed by atoms with Gasteiger partial charge in [-0.15, -0.1) is 0 Å². The Kier molecular flexibility index (Phi) is 7.43. The van der Waals surface area contributed by atoms with E-state index in [4.69, 9.17) is 19.3 Å². The highest BCUT2D eigenvalue weighted by atomic mass is 32.1. The van der Waals surface area contributed by atoms with Crippen LogP contribution in [0.2, 0.25) is 0 Å². The first-order valence-corrected chi connectivity index (χ1v) is 14.1. The molecule has 8 nitrogen and oxygen atoms in total. The Morgan fingerprint density at radius 3 is 2.40 bits per heavy atom. The normalized spacial score (nSPS) is 14.7. The smallest absolute Gasteiger partial charge is 0.338 e. The molecule has 0 amide bonds. The SMILES string of the molecule is CCOC(=O)C1=C(c2ccccc2)N=c2s/c(=C\c3ccc(-c4ccc(C(=O)O)cc4)o3)c(=O)n2[C@H]1c1ccc(F)cc1. The number of ether oxygens (including phenoxy) is 1. The molecule has 1 atom stereocenters. The molecule has 1 N–H and O–H groups in total. The van der Waals surface area contributed by atoms with Crippen LogP contribution in [0.25, 0.3) is 23.1 Å². The summed E-state index contributed by atoms with van der Waals surface area (Å²) in [6, 6.07) is 23.6. The van der Waals surface area contributed by atoms with Crippen molar-refractivity contribution in [2.75, 3.05) is 6.61 Å². The number of aromatic nitrogens is 1. The number of hydrogen-bond donors (Lipinski definition) is 1. The summed E-state index contributed by atoms with van der Waals surface area (Å²) in [5.74, 6) is -1.21. The van der Waals surface area contributed by atoms with Gasteiger partial charge in [-0.2, -0.15) is 0 Å². The molecule has 0 saturated carbocycles. The van der Waals surface area contributed by atoms with E-state index in [-0.39, 0.29) is 17.7 Å². The fraction of sp³-hybridized carbons (Fsp3) is 0.0909. The first-order valence-electron chi connectivity index (χ1n) is 13.3. The maximum atomic E-state index is 14.0. The third-order valence-electron chi connectivity index (χ3n) is 6.88. The molecular formula is C33H23FN2O6S. The summed E-state index contributed by atoms with van der Waals surface area (Å²) in [6.45, 7) is 1.81. The van der Waals surface area contributed by atoms with Crippen LogP contribution in [0.1, 0.15) is 40.2 Å². The summed E-state index contributed by atoms with van der Waals surface area (Å²) in [6.07, 6.45) is 1.59. The van der Waals surface area contributed by atoms with Gasteiger partial charge in [0.05, 0.1) is 34.0 Å². The third kappa shape index (κ3) is 5.35. The Morgan fingerprint density at radius 2 is 1.72 bits per heavy atom. The Bertz CT molecular complexity index is 2060. The molecule has 0 aliphatic carbocycles. The minimum Gasteiger partial charge on any atom is -0.478 e. The molecule has 10 heteroatoms. The Balaban J connectivity index is 1.52. The van der Waals surface area contributed by atoms with E-state index in [2.05, 4.69) is 0 Å². The molecule has 0 unspecified atom stereocenters. The zero-order valence-electron chi connectivity index (χ0n) is 22.7. The van der Waals surface area contributed by atoms with Crippen LogP contribution >= 0.6 is 11.3 Å². The predicted octanol–water partition coefficient (Wildman–Crippen LogP) is 5.03. The molecule has 1 aliphatic rings. The number of rotatable bonds is 7. The lowest BCUT2D eigenvalue weighted by atomic mass is 9.93. The number of aromatic carboxylic acids is 1. The van der Waals surface area contributed by atoms with Crippen molar-refractivity contribution in [3.63, 3.8) is 0 Å². The van der Waals surface area contributed by atoms with Gasteiger partial charge in [0.1, 0.15) is 17.3 Å². The Morgan fingerprint density at radius 1 is 1.00 bits per heavy atom. The molecule has 5 aromatic rings. The van der Waals surface area contributed by atoms with Crippen molar-refractivity contribution in [2.45, 2.75) is 13.0 Å². The summed E-state index contributed by atoms with van der Waals surface area (Å²) < 4.78 is 27.1. The number of thiazole rings is 1. The summed E-state index contributed by atoms with van der Waals surface area (Å²) in [5, 5.41) is 9.16. The molecule has 214 valence electrons. The fourth-order valence-corrected chi connectivity index (χ4v) is 5.87. The number of hydrogen-bond acceptors (Lipinski definition) is 7. The van der Waals surface area contributed by atoms with E-state index >= 15 is 0 Å². The van der Waals surface area contributed by atoms with Crippen LogP contribution in [0, 0.1) is 5.82 Å². The number of carboxylic acids is 1. The lowest BCUT2D eigenvalue weighted by Gasteiger charge is -2.25. The van der Waals surface area contributed by atoms with Gasteiger partial charge in [-0.3, -0.25) is 9.36 Å². The highest BCUT2D eigenvalue weighted by Crippen LogP contribution is 2.35. The van der Waals surface area contributed by atoms with Crippen molar-refractivity contribution in [3.8, 4) is 11.3 Å². The van der Waals surface area contributed by atoms with Gasteiger partial charge in [0.15, 0.2) is 4.80 Å². The highest BCUT2D eigenvalue weighted by molar-refractivity contribution is 7.07. The number of benzene rings is 3. The number of fused-ring (bicyclic) bond motifs is 1. The second kappa shape index (κ2) is 11.5. The number of carbonyl (C=O) groups excluding carboxylic acids is 1. The van der Waals surface area contributed by atoms with Crippen LogP contribution in [0.15, 0.2) is 111 Å². The van der Waals surface area contributed by atoms with Crippen molar-refractivity contribution in [1.82, 2.24) is 4.57 Å². The van der Waals surface area contributed by atoms with Crippen molar-refractivity contribution in [2.24, 2.45) is 4.99 Å². The molecule has 6 rings (SSSR count). The zero-order chi connectivity index (χ0) is 30.1. The number of carboxylic acid groups (broad SMARTS) is 1. The number of carbonyl (C=O) groups is 2. The molecule has 0 bridgehead atoms. The average Bonchev–Trinajstić information content (AvgIpc) is 3.61. The van der Waals surface area contributed by atoms with Gasteiger partial charge < -0.3 is 14.3 Å². The third-order valence-corrected chi connectivity index (χ3v) is 7.86. The van der Waals surface area contributed by atoms with E-state index in [1.54, 1.807) is 49.4 Å². The van der Waals surface area contributed by atoms with Gasteiger partial charge in [0.25, 0.3) is 5.56 Å². The second-order valence-corrected chi connectivity index (χ2v) is 10.6. The molecular weight excluding hydrogens is 571 g/mol. The van der Waals surface area contributed by atoms with Gasteiger partial charge in [-0.1, -0.05) is 65.9 Å². The van der Waals surface area contributed by atoms with Gasteiger partial charge >= 0.3 is 11.9 Å². The van der Waals surface area contributed by atoms with E-state index in [0.717, 1.165) is 11.3 Å². The van der Waals surface area contributed by atoms with Gasteiger partial charge in [0, 0.05) is 17.2 Å². The van der Waals surface area contributed by atoms with Gasteiger partial charge in [-0.25, -0.2) is 19.0 Å². The molecule has 2 aromatic heterocycles. The lowest BCUT2D eigenvalue weighted by Crippen LogP contribution is -2.40. The first kappa shape index (κ1) is 27.8. The predicted molar refractivity (Wildman–Crippen MR) is 159 cm³/mol. The standard InChI is InChI=1S/C33H23FN2O6S/c1-2-41-32(40)27-28(20-6-4-3-5-7-20)35-33-36(29(27)21-12-14-23(34)15-13-21)30(37)26(43-33)18-24-16-17-25(42-24)19-8-10-22(11-9-19)31(38)39/h3-18,29H,2H2,1H3,(H,38,39)/b26-18-/t29-/m0/s1. The maximum absolute atomic E-state index is 14.0. The molecule has 3 aromatic carbocycles. The van der Waals surface area contributed by atoms with Crippen LogP contribution in [0.5, 0.6) is 0 Å². The van der Waals surface area contributed by atoms with Gasteiger partial charge in [-0.05, 0) is 48.9 Å². The monoisotopic (exact) mass is 594 g/mol. The number of esters is 1. The molecule has 0 spiro atoms. The van der Waals surface area contributed by atoms with Gasteiger partial charge in [0.2, 0.25) is 0 Å². The van der Waals surface area contributed by atoms with Crippen molar-refractivity contribution < 1.29 is 28.2 Å². The van der Waals surface area contributed by atoms with E-state index < -0.39 is 29.4 Å². The van der Waals surface area contributed by atoms with E-state index in [0.29, 0.717) is 43.2 Å². The summed E-state index contributed by atoms with van der Waals surface area (Å²) in [4.78, 5) is 43.7. The minimum atomic E-state index is -1.03. The van der Waals surface area contributed by atoms with Crippen molar-refractivity contribution >= 4 is 35.0 Å². The van der Waals surface area contributed by atoms with E-state index in [1.807, 2.05) is 30.3 Å². The molecule has 0 saturated heterocycles. The van der Waals surface area contributed by atoms with Crippen LogP contribution in [0.4, 0.5) is 4.39 Å². The quantitative estimate of drug-likeness (QED) is 0.265. The summed E-state index contributed by atoms with van der Waals surface area (Å²) in [7, 11) is 0. The maximum Gasteiger partial charge on any atom is 0.338 e. The molecule has 0 radical (unpaired) electrons. The zero-order valence-corrected chi connectivity index (χ0v) is 23.5. The largest absolute Gasteiger partial charge is 0.478 e. The van der Waals surface area contributed by atoms with Crippen molar-refractivity contribution in [1.29, 1.82) is 0 Å². The number of nitrogens with zero attached hydrogens (tertiary/aromatic N) is 2. The second-order valence-electron chi connectivity index (χ2n) is 9.57. The highest BCUT2D eigenvalue weighted by Gasteiger charge is 2.35. The van der Waals surface area contributed by atoms with Crippen LogP contribution in [0.3, 0.4) is 0 Å². The topological polar surface area (TPSA) is 111 Å². The van der Waals surface area contributed by atoms with Crippen LogP contribution in [-0.2, 0) is 9.53 Å². The summed E-state index contributed by atoms with van der Waals surface area (Å²) >= 11 is 1.14. The molecule has 0 fully saturated rings. The average molecular weight is 595 g/mol. The molecule has 3 heterocycles. The summed E-state index contributed by atoms with van der Waals surface area (Å²) in [5.41, 5.74) is 2.15.